The molecule has 1 unspecified atom stereocenters. The largest absolute Gasteiger partial charge is 0.392 e. The molecule has 0 aromatic heterocycles. The first kappa shape index (κ1) is 14.5. The Kier molecular flexibility index (Phi) is 4.28. The molecule has 1 aromatic rings. The van der Waals surface area contributed by atoms with Crippen molar-refractivity contribution >= 4 is 10.0 Å². The van der Waals surface area contributed by atoms with E-state index in [4.69, 9.17) is 0 Å². The maximum absolute atomic E-state index is 12.3. The van der Waals surface area contributed by atoms with E-state index < -0.39 is 16.1 Å². The van der Waals surface area contributed by atoms with Crippen LogP contribution in [0.1, 0.15) is 38.2 Å². The highest BCUT2D eigenvalue weighted by molar-refractivity contribution is 7.89. The molecule has 0 saturated carbocycles. The predicted molar refractivity (Wildman–Crippen MR) is 74.5 cm³/mol. The number of hydrogen-bond acceptors (Lipinski definition) is 3. The van der Waals surface area contributed by atoms with Crippen LogP contribution in [0.25, 0.3) is 0 Å². The van der Waals surface area contributed by atoms with Gasteiger partial charge in [-0.1, -0.05) is 26.0 Å². The Morgan fingerprint density at radius 2 is 2.00 bits per heavy atom. The Bertz CT molecular complexity index is 524. The molecule has 0 bridgehead atoms. The maximum atomic E-state index is 12.3. The van der Waals surface area contributed by atoms with Crippen molar-refractivity contribution in [1.29, 1.82) is 0 Å². The number of aliphatic hydroxyl groups is 1. The zero-order valence-electron chi connectivity index (χ0n) is 11.4. The molecule has 1 N–H and O–H groups in total. The first-order valence-corrected chi connectivity index (χ1v) is 8.17. The monoisotopic (exact) mass is 283 g/mol. The van der Waals surface area contributed by atoms with Crippen LogP contribution in [0.4, 0.5) is 0 Å². The Morgan fingerprint density at radius 3 is 2.47 bits per heavy atom. The van der Waals surface area contributed by atoms with Gasteiger partial charge in [0.1, 0.15) is 0 Å². The minimum Gasteiger partial charge on any atom is -0.392 e. The summed E-state index contributed by atoms with van der Waals surface area (Å²) in [6.45, 7) is 4.84. The van der Waals surface area contributed by atoms with Crippen LogP contribution >= 0.6 is 0 Å². The molecule has 1 aromatic carbocycles. The molecule has 0 amide bonds. The third kappa shape index (κ3) is 2.99. The highest BCUT2D eigenvalue weighted by Gasteiger charge is 2.31. The molecule has 2 rings (SSSR count). The predicted octanol–water partition coefficient (Wildman–Crippen LogP) is 1.96. The summed E-state index contributed by atoms with van der Waals surface area (Å²) in [5.74, 6) is 0.436. The molecule has 5 heteroatoms. The second-order valence-electron chi connectivity index (χ2n) is 5.18. The highest BCUT2D eigenvalue weighted by atomic mass is 32.2. The van der Waals surface area contributed by atoms with Gasteiger partial charge in [0.15, 0.2) is 0 Å². The SMILES string of the molecule is CCC(C)c1ccc(S(=O)(=O)N2CC[C@@H](O)C2)cc1. The van der Waals surface area contributed by atoms with Crippen molar-refractivity contribution < 1.29 is 13.5 Å². The number of nitrogens with zero attached hydrogens (tertiary/aromatic N) is 1. The van der Waals surface area contributed by atoms with Gasteiger partial charge in [0.05, 0.1) is 11.0 Å². The molecule has 0 aliphatic carbocycles. The van der Waals surface area contributed by atoms with Crippen molar-refractivity contribution in [3.63, 3.8) is 0 Å². The number of rotatable bonds is 4. The fraction of sp³-hybridized carbons (Fsp3) is 0.571. The van der Waals surface area contributed by atoms with Gasteiger partial charge in [0.25, 0.3) is 0 Å². The number of β-amino-alcohol motifs (C(OH)–C–C–N with tert-alkyl or cyclic N) is 1. The summed E-state index contributed by atoms with van der Waals surface area (Å²) in [4.78, 5) is 0.314. The summed E-state index contributed by atoms with van der Waals surface area (Å²) in [5.41, 5.74) is 1.16. The minimum absolute atomic E-state index is 0.204. The smallest absolute Gasteiger partial charge is 0.243 e. The van der Waals surface area contributed by atoms with Gasteiger partial charge in [-0.25, -0.2) is 8.42 Å². The number of aliphatic hydroxyl groups excluding tert-OH is 1. The zero-order valence-corrected chi connectivity index (χ0v) is 12.2. The lowest BCUT2D eigenvalue weighted by atomic mass is 9.99. The van der Waals surface area contributed by atoms with Crippen molar-refractivity contribution in [3.05, 3.63) is 29.8 Å². The Balaban J connectivity index is 2.22. The molecule has 0 spiro atoms. The fourth-order valence-corrected chi connectivity index (χ4v) is 3.77. The average Bonchev–Trinajstić information content (AvgIpc) is 2.85. The first-order chi connectivity index (χ1) is 8.95. The average molecular weight is 283 g/mol. The van der Waals surface area contributed by atoms with Crippen LogP contribution in [0.5, 0.6) is 0 Å². The lowest BCUT2D eigenvalue weighted by Gasteiger charge is -2.16. The summed E-state index contributed by atoms with van der Waals surface area (Å²) in [6.07, 6.45) is 1.02. The minimum atomic E-state index is -3.45. The third-order valence-corrected chi connectivity index (χ3v) is 5.70. The van der Waals surface area contributed by atoms with Crippen molar-refractivity contribution in [3.8, 4) is 0 Å². The van der Waals surface area contributed by atoms with Gasteiger partial charge in [0.2, 0.25) is 10.0 Å². The van der Waals surface area contributed by atoms with E-state index >= 15 is 0 Å². The fourth-order valence-electron chi connectivity index (χ4n) is 2.28. The second-order valence-corrected chi connectivity index (χ2v) is 7.12. The third-order valence-electron chi connectivity index (χ3n) is 3.83. The molecule has 0 radical (unpaired) electrons. The van der Waals surface area contributed by atoms with Crippen molar-refractivity contribution in [2.45, 2.75) is 43.6 Å². The molecular formula is C14H21NO3S. The Hall–Kier alpha value is -0.910. The van der Waals surface area contributed by atoms with Gasteiger partial charge >= 0.3 is 0 Å². The van der Waals surface area contributed by atoms with Crippen LogP contribution in [0.3, 0.4) is 0 Å². The van der Waals surface area contributed by atoms with E-state index in [0.717, 1.165) is 12.0 Å². The molecule has 106 valence electrons. The van der Waals surface area contributed by atoms with E-state index in [1.165, 1.54) is 4.31 Å². The van der Waals surface area contributed by atoms with Crippen LogP contribution in [0, 0.1) is 0 Å². The van der Waals surface area contributed by atoms with Gasteiger partial charge in [-0.05, 0) is 36.5 Å². The molecule has 19 heavy (non-hydrogen) atoms. The van der Waals surface area contributed by atoms with Gasteiger partial charge < -0.3 is 5.11 Å². The standard InChI is InChI=1S/C14H21NO3S/c1-3-11(2)12-4-6-14(7-5-12)19(17,18)15-9-8-13(16)10-15/h4-7,11,13,16H,3,8-10H2,1-2H3/t11?,13-/m1/s1. The van der Waals surface area contributed by atoms with E-state index in [9.17, 15) is 13.5 Å². The Labute approximate surface area is 115 Å². The van der Waals surface area contributed by atoms with Crippen LogP contribution in [-0.4, -0.2) is 37.0 Å². The summed E-state index contributed by atoms with van der Waals surface area (Å²) >= 11 is 0. The topological polar surface area (TPSA) is 57.6 Å². The summed E-state index contributed by atoms with van der Waals surface area (Å²) in [7, 11) is -3.45. The van der Waals surface area contributed by atoms with Gasteiger partial charge in [-0.3, -0.25) is 0 Å². The van der Waals surface area contributed by atoms with Gasteiger partial charge in [-0.15, -0.1) is 0 Å². The van der Waals surface area contributed by atoms with Crippen LogP contribution in [0.2, 0.25) is 0 Å². The summed E-state index contributed by atoms with van der Waals surface area (Å²) in [6, 6.07) is 7.10. The van der Waals surface area contributed by atoms with E-state index in [2.05, 4.69) is 13.8 Å². The van der Waals surface area contributed by atoms with Crippen molar-refractivity contribution in [1.82, 2.24) is 4.31 Å². The summed E-state index contributed by atoms with van der Waals surface area (Å²) < 4.78 is 26.0. The number of hydrogen-bond donors (Lipinski definition) is 1. The number of benzene rings is 1. The molecular weight excluding hydrogens is 262 g/mol. The van der Waals surface area contributed by atoms with Crippen molar-refractivity contribution in [2.75, 3.05) is 13.1 Å². The highest BCUT2D eigenvalue weighted by Crippen LogP contribution is 2.24. The quantitative estimate of drug-likeness (QED) is 0.919. The lowest BCUT2D eigenvalue weighted by molar-refractivity contribution is 0.189. The molecule has 4 nitrogen and oxygen atoms in total. The zero-order chi connectivity index (χ0) is 14.0. The lowest BCUT2D eigenvalue weighted by Crippen LogP contribution is -2.29. The normalized spacial score (nSPS) is 22.6. The second kappa shape index (κ2) is 5.61. The van der Waals surface area contributed by atoms with Crippen molar-refractivity contribution in [2.24, 2.45) is 0 Å². The number of sulfonamides is 1. The molecule has 1 aliphatic rings. The van der Waals surface area contributed by atoms with Crippen LogP contribution in [0.15, 0.2) is 29.2 Å². The van der Waals surface area contributed by atoms with Crippen LogP contribution in [-0.2, 0) is 10.0 Å². The van der Waals surface area contributed by atoms with E-state index in [1.54, 1.807) is 12.1 Å². The van der Waals surface area contributed by atoms with E-state index in [0.29, 0.717) is 23.8 Å². The molecule has 1 aliphatic heterocycles. The van der Waals surface area contributed by atoms with E-state index in [1.807, 2.05) is 12.1 Å². The molecule has 2 atom stereocenters. The Morgan fingerprint density at radius 1 is 1.37 bits per heavy atom. The maximum Gasteiger partial charge on any atom is 0.243 e. The van der Waals surface area contributed by atoms with Gasteiger partial charge in [0, 0.05) is 13.1 Å². The summed E-state index contributed by atoms with van der Waals surface area (Å²) in [5, 5.41) is 9.45. The van der Waals surface area contributed by atoms with E-state index in [-0.39, 0.29) is 6.54 Å². The van der Waals surface area contributed by atoms with Crippen LogP contribution < -0.4 is 0 Å². The molecule has 1 heterocycles. The van der Waals surface area contributed by atoms with Gasteiger partial charge in [-0.2, -0.15) is 4.31 Å². The first-order valence-electron chi connectivity index (χ1n) is 6.73. The molecule has 1 saturated heterocycles. The molecule has 1 fully saturated rings.